The molecule has 0 aliphatic rings. The Hall–Kier alpha value is -1.11. The van der Waals surface area contributed by atoms with Gasteiger partial charge in [0.05, 0.1) is 5.56 Å². The molecule has 0 amide bonds. The summed E-state index contributed by atoms with van der Waals surface area (Å²) in [5.74, 6) is -0.923. The van der Waals surface area contributed by atoms with E-state index in [-0.39, 0.29) is 5.56 Å². The molecule has 1 aromatic rings. The zero-order chi connectivity index (χ0) is 11.5. The highest BCUT2D eigenvalue weighted by atomic mass is 35.5. The van der Waals surface area contributed by atoms with E-state index < -0.39 is 21.0 Å². The van der Waals surface area contributed by atoms with Crippen molar-refractivity contribution in [2.45, 2.75) is 4.90 Å². The quantitative estimate of drug-likeness (QED) is 0.496. The minimum Gasteiger partial charge on any atom is -0.424 e. The zero-order valence-electron chi connectivity index (χ0n) is 7.33. The van der Waals surface area contributed by atoms with E-state index in [0.29, 0.717) is 0 Å². The predicted molar refractivity (Wildman–Crippen MR) is 53.0 cm³/mol. The van der Waals surface area contributed by atoms with Gasteiger partial charge in [0.2, 0.25) is 0 Å². The van der Waals surface area contributed by atoms with Crippen molar-refractivity contribution in [2.24, 2.45) is 0 Å². The standard InChI is InChI=1S/C8H7ClO5S/c9-8(15(11,12)13)14-7(10)6-4-2-1-3-5-6/h1-5,8H,(H,11,12,13). The third-order valence-corrected chi connectivity index (χ3v) is 2.77. The van der Waals surface area contributed by atoms with Gasteiger partial charge in [0.15, 0.2) is 0 Å². The Morgan fingerprint density at radius 1 is 1.33 bits per heavy atom. The van der Waals surface area contributed by atoms with E-state index in [1.54, 1.807) is 18.2 Å². The molecule has 7 heteroatoms. The van der Waals surface area contributed by atoms with Gasteiger partial charge in [0.25, 0.3) is 0 Å². The van der Waals surface area contributed by atoms with Crippen LogP contribution in [0.4, 0.5) is 0 Å². The van der Waals surface area contributed by atoms with Crippen molar-refractivity contribution < 1.29 is 22.5 Å². The average molecular weight is 251 g/mol. The molecule has 0 bridgehead atoms. The molecule has 0 aromatic heterocycles. The van der Waals surface area contributed by atoms with Crippen molar-refractivity contribution in [3.63, 3.8) is 0 Å². The highest BCUT2D eigenvalue weighted by Gasteiger charge is 2.24. The Kier molecular flexibility index (Phi) is 3.67. The molecule has 0 heterocycles. The first-order chi connectivity index (χ1) is 6.91. The summed E-state index contributed by atoms with van der Waals surface area (Å²) in [6.45, 7) is 0. The summed E-state index contributed by atoms with van der Waals surface area (Å²) < 4.78 is 33.6. The second-order valence-electron chi connectivity index (χ2n) is 2.56. The van der Waals surface area contributed by atoms with Gasteiger partial charge in [-0.05, 0) is 12.1 Å². The van der Waals surface area contributed by atoms with Crippen LogP contribution in [0.15, 0.2) is 30.3 Å². The maximum Gasteiger partial charge on any atom is 0.340 e. The van der Waals surface area contributed by atoms with Crippen molar-refractivity contribution in [2.75, 3.05) is 0 Å². The third-order valence-electron chi connectivity index (χ3n) is 1.44. The Morgan fingerprint density at radius 2 is 1.87 bits per heavy atom. The van der Waals surface area contributed by atoms with Crippen LogP contribution in [0.1, 0.15) is 10.4 Å². The van der Waals surface area contributed by atoms with Crippen LogP contribution in [0.5, 0.6) is 0 Å². The molecule has 5 nitrogen and oxygen atoms in total. The lowest BCUT2D eigenvalue weighted by Gasteiger charge is -2.07. The summed E-state index contributed by atoms with van der Waals surface area (Å²) in [7, 11) is -4.58. The summed E-state index contributed by atoms with van der Waals surface area (Å²) in [6, 6.07) is 7.68. The summed E-state index contributed by atoms with van der Waals surface area (Å²) in [5.41, 5.74) is 0.145. The first kappa shape index (κ1) is 12.0. The number of halogens is 1. The van der Waals surface area contributed by atoms with Gasteiger partial charge < -0.3 is 4.74 Å². The van der Waals surface area contributed by atoms with Crippen LogP contribution >= 0.6 is 11.6 Å². The van der Waals surface area contributed by atoms with Crippen LogP contribution in [0.2, 0.25) is 0 Å². The van der Waals surface area contributed by atoms with Gasteiger partial charge in [-0.3, -0.25) is 4.55 Å². The Labute approximate surface area is 91.4 Å². The predicted octanol–water partition coefficient (Wildman–Crippen LogP) is 1.25. The maximum atomic E-state index is 11.2. The molecule has 1 N–H and O–H groups in total. The van der Waals surface area contributed by atoms with Crippen LogP contribution in [0, 0.1) is 0 Å². The molecular weight excluding hydrogens is 244 g/mol. The fraction of sp³-hybridized carbons (Fsp3) is 0.125. The Balaban J connectivity index is 2.74. The van der Waals surface area contributed by atoms with Gasteiger partial charge in [-0.2, -0.15) is 8.42 Å². The van der Waals surface area contributed by atoms with E-state index in [4.69, 9.17) is 16.2 Å². The number of carbonyl (C=O) groups is 1. The number of carbonyl (C=O) groups excluding carboxylic acids is 1. The normalized spacial score (nSPS) is 13.2. The summed E-state index contributed by atoms with van der Waals surface area (Å²) in [4.78, 5) is 9.13. The SMILES string of the molecule is O=C(OC(Cl)S(=O)(=O)O)c1ccccc1. The van der Waals surface area contributed by atoms with Crippen molar-refractivity contribution in [1.82, 2.24) is 0 Å². The van der Waals surface area contributed by atoms with E-state index in [1.165, 1.54) is 12.1 Å². The monoisotopic (exact) mass is 250 g/mol. The van der Waals surface area contributed by atoms with E-state index >= 15 is 0 Å². The molecular formula is C8H7ClO5S. The van der Waals surface area contributed by atoms with E-state index in [0.717, 1.165) is 0 Å². The number of hydrogen-bond acceptors (Lipinski definition) is 4. The molecule has 0 saturated carbocycles. The van der Waals surface area contributed by atoms with E-state index in [2.05, 4.69) is 4.74 Å². The lowest BCUT2D eigenvalue weighted by Crippen LogP contribution is -2.21. The minimum absolute atomic E-state index is 0.145. The molecule has 1 rings (SSSR count). The Morgan fingerprint density at radius 3 is 2.33 bits per heavy atom. The highest BCUT2D eigenvalue weighted by molar-refractivity contribution is 7.87. The molecule has 82 valence electrons. The molecule has 15 heavy (non-hydrogen) atoms. The fourth-order valence-electron chi connectivity index (χ4n) is 0.787. The topological polar surface area (TPSA) is 80.7 Å². The van der Waals surface area contributed by atoms with Crippen LogP contribution < -0.4 is 0 Å². The van der Waals surface area contributed by atoms with E-state index in [9.17, 15) is 13.2 Å². The lowest BCUT2D eigenvalue weighted by molar-refractivity contribution is 0.0524. The summed E-state index contributed by atoms with van der Waals surface area (Å²) in [5, 5.41) is 0. The largest absolute Gasteiger partial charge is 0.424 e. The molecule has 1 aromatic carbocycles. The van der Waals surface area contributed by atoms with Gasteiger partial charge in [0, 0.05) is 0 Å². The smallest absolute Gasteiger partial charge is 0.340 e. The van der Waals surface area contributed by atoms with Crippen LogP contribution in [-0.2, 0) is 14.9 Å². The van der Waals surface area contributed by atoms with Crippen molar-refractivity contribution in [3.05, 3.63) is 35.9 Å². The third kappa shape index (κ3) is 3.50. The highest BCUT2D eigenvalue weighted by Crippen LogP contribution is 2.10. The molecule has 0 spiro atoms. The zero-order valence-corrected chi connectivity index (χ0v) is 8.90. The summed E-state index contributed by atoms with van der Waals surface area (Å²) >= 11 is 5.12. The fourth-order valence-corrected chi connectivity index (χ4v) is 1.08. The number of ether oxygens (including phenoxy) is 1. The number of rotatable bonds is 3. The second-order valence-corrected chi connectivity index (χ2v) is 4.67. The van der Waals surface area contributed by atoms with Gasteiger partial charge in [-0.1, -0.05) is 29.8 Å². The summed E-state index contributed by atoms with van der Waals surface area (Å²) in [6.07, 6.45) is 0. The van der Waals surface area contributed by atoms with Gasteiger partial charge >= 0.3 is 21.0 Å². The molecule has 0 radical (unpaired) electrons. The van der Waals surface area contributed by atoms with Gasteiger partial charge in [0.1, 0.15) is 0 Å². The maximum absolute atomic E-state index is 11.2. The minimum atomic E-state index is -4.58. The van der Waals surface area contributed by atoms with Gasteiger partial charge in [-0.25, -0.2) is 4.79 Å². The molecule has 0 saturated heterocycles. The number of esters is 1. The molecule has 1 unspecified atom stereocenters. The molecule has 0 aliphatic heterocycles. The van der Waals surface area contributed by atoms with Gasteiger partial charge in [-0.15, -0.1) is 0 Å². The molecule has 0 fully saturated rings. The van der Waals surface area contributed by atoms with Crippen molar-refractivity contribution in [1.29, 1.82) is 0 Å². The van der Waals surface area contributed by atoms with Crippen molar-refractivity contribution >= 4 is 27.7 Å². The van der Waals surface area contributed by atoms with Crippen LogP contribution in [-0.4, -0.2) is 23.8 Å². The van der Waals surface area contributed by atoms with Crippen LogP contribution in [0.3, 0.4) is 0 Å². The number of hydrogen-bond donors (Lipinski definition) is 1. The molecule has 0 aliphatic carbocycles. The van der Waals surface area contributed by atoms with E-state index in [1.807, 2.05) is 0 Å². The van der Waals surface area contributed by atoms with Crippen molar-refractivity contribution in [3.8, 4) is 0 Å². The second kappa shape index (κ2) is 4.61. The lowest BCUT2D eigenvalue weighted by atomic mass is 10.2. The average Bonchev–Trinajstić information content (AvgIpc) is 2.17. The number of alkyl halides is 1. The van der Waals surface area contributed by atoms with Crippen LogP contribution in [0.25, 0.3) is 0 Å². The number of benzene rings is 1. The molecule has 1 atom stereocenters. The Bertz CT molecular complexity index is 441. The first-order valence-electron chi connectivity index (χ1n) is 3.77. The first-order valence-corrected chi connectivity index (χ1v) is 5.71.